The number of aromatic nitrogens is 1. The van der Waals surface area contributed by atoms with Gasteiger partial charge in [0.15, 0.2) is 5.76 Å². The summed E-state index contributed by atoms with van der Waals surface area (Å²) in [4.78, 5) is 16.5. The maximum atomic E-state index is 12.5. The number of carbonyl (C=O) groups excluding carboxylic acids is 1. The molecular weight excluding hydrogens is 320 g/mol. The van der Waals surface area contributed by atoms with Crippen LogP contribution < -0.4 is 5.32 Å². The summed E-state index contributed by atoms with van der Waals surface area (Å²) in [5, 5.41) is 11.7. The molecule has 1 amide bonds. The Kier molecular flexibility index (Phi) is 6.42. The number of aliphatic hydroxyl groups excluding tert-OH is 1. The Balaban J connectivity index is 1.62. The quantitative estimate of drug-likeness (QED) is 0.708. The van der Waals surface area contributed by atoms with Gasteiger partial charge in [0, 0.05) is 19.2 Å². The lowest BCUT2D eigenvalue weighted by atomic mass is 9.73. The highest BCUT2D eigenvalue weighted by Crippen LogP contribution is 2.40. The molecule has 1 aliphatic heterocycles. The van der Waals surface area contributed by atoms with E-state index in [1.165, 1.54) is 19.3 Å². The fraction of sp³-hybridized carbons (Fsp3) is 0.579. The molecule has 0 saturated heterocycles. The number of allylic oxidation sites excluding steroid dienone is 1. The summed E-state index contributed by atoms with van der Waals surface area (Å²) >= 11 is 0. The Hall–Kier alpha value is -1.92. The molecule has 6 nitrogen and oxygen atoms in total. The maximum Gasteiger partial charge on any atom is 0.290 e. The minimum absolute atomic E-state index is 0.165. The predicted octanol–water partition coefficient (Wildman–Crippen LogP) is 2.86. The van der Waals surface area contributed by atoms with Crippen molar-refractivity contribution in [2.24, 2.45) is 11.8 Å². The second-order valence-electron chi connectivity index (χ2n) is 6.67. The third-order valence-electron chi connectivity index (χ3n) is 4.84. The van der Waals surface area contributed by atoms with E-state index in [-0.39, 0.29) is 12.5 Å². The van der Waals surface area contributed by atoms with Crippen LogP contribution in [0.3, 0.4) is 0 Å². The fourth-order valence-electron chi connectivity index (χ4n) is 3.20. The molecular formula is C19H26N2O4. The number of nitrogens with zero attached hydrogens (tertiary/aromatic N) is 1. The first-order valence-corrected chi connectivity index (χ1v) is 9.08. The van der Waals surface area contributed by atoms with E-state index < -0.39 is 6.29 Å². The number of pyridine rings is 1. The van der Waals surface area contributed by atoms with Crippen LogP contribution in [0.1, 0.15) is 38.5 Å². The van der Waals surface area contributed by atoms with Gasteiger partial charge in [0.2, 0.25) is 6.29 Å². The standard InChI is InChI=1S/C19H26N2O4/c22-9-1-2-10-24-18-12-15(14-5-3-6-14)11-17(25-18)19(23)21-16-7-4-8-20-13-16/h4,7-8,11,13-15,18,22H,1-3,5-6,9-10,12H2,(H,21,23)/t15-,18+/m1/s1. The molecule has 1 aromatic heterocycles. The minimum atomic E-state index is -0.399. The van der Waals surface area contributed by atoms with Crippen LogP contribution in [0.4, 0.5) is 5.69 Å². The first kappa shape index (κ1) is 17.9. The van der Waals surface area contributed by atoms with Crippen molar-refractivity contribution in [2.45, 2.75) is 44.8 Å². The second kappa shape index (κ2) is 8.97. The van der Waals surface area contributed by atoms with E-state index in [9.17, 15) is 4.79 Å². The molecule has 2 atom stereocenters. The minimum Gasteiger partial charge on any atom is -0.459 e. The van der Waals surface area contributed by atoms with Crippen molar-refractivity contribution in [3.8, 4) is 0 Å². The van der Waals surface area contributed by atoms with Crippen molar-refractivity contribution < 1.29 is 19.4 Å². The van der Waals surface area contributed by atoms with Crippen molar-refractivity contribution >= 4 is 11.6 Å². The van der Waals surface area contributed by atoms with Gasteiger partial charge in [-0.1, -0.05) is 6.42 Å². The molecule has 1 saturated carbocycles. The van der Waals surface area contributed by atoms with Gasteiger partial charge in [0.05, 0.1) is 18.5 Å². The number of hydrogen-bond donors (Lipinski definition) is 2. The van der Waals surface area contributed by atoms with E-state index in [2.05, 4.69) is 10.3 Å². The Morgan fingerprint density at radius 3 is 2.96 bits per heavy atom. The topological polar surface area (TPSA) is 80.7 Å². The van der Waals surface area contributed by atoms with Gasteiger partial charge in [-0.05, 0) is 55.7 Å². The molecule has 1 fully saturated rings. The lowest BCUT2D eigenvalue weighted by molar-refractivity contribution is -0.150. The van der Waals surface area contributed by atoms with E-state index in [1.807, 2.05) is 6.08 Å². The third kappa shape index (κ3) is 5.03. The molecule has 2 aliphatic rings. The average molecular weight is 346 g/mol. The van der Waals surface area contributed by atoms with Gasteiger partial charge in [-0.2, -0.15) is 0 Å². The summed E-state index contributed by atoms with van der Waals surface area (Å²) in [6.07, 6.45) is 10.8. The molecule has 25 heavy (non-hydrogen) atoms. The summed E-state index contributed by atoms with van der Waals surface area (Å²) in [7, 11) is 0. The summed E-state index contributed by atoms with van der Waals surface area (Å²) < 4.78 is 11.6. The van der Waals surface area contributed by atoms with E-state index in [0.29, 0.717) is 36.3 Å². The Bertz CT molecular complexity index is 586. The molecule has 1 aliphatic carbocycles. The molecule has 2 N–H and O–H groups in total. The van der Waals surface area contributed by atoms with E-state index >= 15 is 0 Å². The molecule has 0 radical (unpaired) electrons. The summed E-state index contributed by atoms with van der Waals surface area (Å²) in [6.45, 7) is 0.693. The van der Waals surface area contributed by atoms with Crippen molar-refractivity contribution in [3.05, 3.63) is 36.4 Å². The summed E-state index contributed by atoms with van der Waals surface area (Å²) in [6, 6.07) is 3.57. The Labute approximate surface area is 148 Å². The molecule has 1 aromatic rings. The fourth-order valence-corrected chi connectivity index (χ4v) is 3.20. The Morgan fingerprint density at radius 2 is 2.28 bits per heavy atom. The van der Waals surface area contributed by atoms with Crippen LogP contribution in [0.25, 0.3) is 0 Å². The SMILES string of the molecule is O=C(Nc1cccnc1)C1=C[C@@H](C2CCC2)C[C@@H](OCCCCO)O1. The monoisotopic (exact) mass is 346 g/mol. The number of rotatable bonds is 8. The lowest BCUT2D eigenvalue weighted by Gasteiger charge is -2.37. The van der Waals surface area contributed by atoms with Crippen molar-refractivity contribution in [2.75, 3.05) is 18.5 Å². The highest BCUT2D eigenvalue weighted by molar-refractivity contribution is 6.02. The van der Waals surface area contributed by atoms with Gasteiger partial charge in [-0.25, -0.2) is 0 Å². The number of unbranched alkanes of at least 4 members (excludes halogenated alkanes) is 1. The molecule has 136 valence electrons. The molecule has 0 aromatic carbocycles. The number of anilines is 1. The number of aliphatic hydroxyl groups is 1. The molecule has 0 bridgehead atoms. The van der Waals surface area contributed by atoms with Crippen molar-refractivity contribution in [1.82, 2.24) is 4.98 Å². The van der Waals surface area contributed by atoms with Gasteiger partial charge in [0.25, 0.3) is 5.91 Å². The zero-order valence-corrected chi connectivity index (χ0v) is 14.4. The third-order valence-corrected chi connectivity index (χ3v) is 4.84. The van der Waals surface area contributed by atoms with Crippen LogP contribution >= 0.6 is 0 Å². The first-order chi connectivity index (χ1) is 12.3. The number of carbonyl (C=O) groups is 1. The average Bonchev–Trinajstić information content (AvgIpc) is 2.58. The van der Waals surface area contributed by atoms with Crippen LogP contribution in [-0.4, -0.2) is 35.5 Å². The van der Waals surface area contributed by atoms with E-state index in [0.717, 1.165) is 12.8 Å². The predicted molar refractivity (Wildman–Crippen MR) is 93.5 cm³/mol. The van der Waals surface area contributed by atoms with E-state index in [1.54, 1.807) is 24.5 Å². The van der Waals surface area contributed by atoms with Gasteiger partial charge < -0.3 is 19.9 Å². The number of amides is 1. The zero-order valence-electron chi connectivity index (χ0n) is 14.4. The highest BCUT2D eigenvalue weighted by atomic mass is 16.7. The number of ether oxygens (including phenoxy) is 2. The smallest absolute Gasteiger partial charge is 0.290 e. The van der Waals surface area contributed by atoms with Crippen LogP contribution in [0.15, 0.2) is 36.4 Å². The zero-order chi connectivity index (χ0) is 17.5. The number of hydrogen-bond acceptors (Lipinski definition) is 5. The van der Waals surface area contributed by atoms with Crippen LogP contribution in [0, 0.1) is 11.8 Å². The molecule has 0 unspecified atom stereocenters. The van der Waals surface area contributed by atoms with Crippen LogP contribution in [-0.2, 0) is 14.3 Å². The van der Waals surface area contributed by atoms with Gasteiger partial charge >= 0.3 is 0 Å². The molecule has 6 heteroatoms. The molecule has 0 spiro atoms. The highest BCUT2D eigenvalue weighted by Gasteiger charge is 2.34. The van der Waals surface area contributed by atoms with E-state index in [4.69, 9.17) is 14.6 Å². The van der Waals surface area contributed by atoms with Gasteiger partial charge in [-0.3, -0.25) is 9.78 Å². The van der Waals surface area contributed by atoms with Crippen molar-refractivity contribution in [3.63, 3.8) is 0 Å². The normalized spacial score (nSPS) is 23.3. The summed E-state index contributed by atoms with van der Waals surface area (Å²) in [5.74, 6) is 1.01. The lowest BCUT2D eigenvalue weighted by Crippen LogP contribution is -2.34. The summed E-state index contributed by atoms with van der Waals surface area (Å²) in [5.41, 5.74) is 0.642. The number of nitrogens with one attached hydrogen (secondary N) is 1. The largest absolute Gasteiger partial charge is 0.459 e. The van der Waals surface area contributed by atoms with Crippen LogP contribution in [0.5, 0.6) is 0 Å². The first-order valence-electron chi connectivity index (χ1n) is 9.08. The molecule has 2 heterocycles. The van der Waals surface area contributed by atoms with Gasteiger partial charge in [0.1, 0.15) is 0 Å². The second-order valence-corrected chi connectivity index (χ2v) is 6.67. The van der Waals surface area contributed by atoms with Crippen molar-refractivity contribution in [1.29, 1.82) is 0 Å². The Morgan fingerprint density at radius 1 is 1.40 bits per heavy atom. The van der Waals surface area contributed by atoms with Crippen LogP contribution in [0.2, 0.25) is 0 Å². The molecule has 3 rings (SSSR count). The van der Waals surface area contributed by atoms with Gasteiger partial charge in [-0.15, -0.1) is 0 Å². The maximum absolute atomic E-state index is 12.5.